The van der Waals surface area contributed by atoms with Crippen LogP contribution in [-0.2, 0) is 4.79 Å². The monoisotopic (exact) mass is 355 g/mol. The van der Waals surface area contributed by atoms with Gasteiger partial charge in [-0.15, -0.1) is 24.8 Å². The number of nitrogens with zero attached hydrogens (tertiary/aromatic N) is 1. The molecule has 1 fully saturated rings. The van der Waals surface area contributed by atoms with Gasteiger partial charge in [-0.1, -0.05) is 12.5 Å². The predicted octanol–water partition coefficient (Wildman–Crippen LogP) is 3.84. The summed E-state index contributed by atoms with van der Waals surface area (Å²) in [5.41, 5.74) is 8.87. The van der Waals surface area contributed by atoms with Crippen molar-refractivity contribution in [3.05, 3.63) is 36.0 Å². The van der Waals surface area contributed by atoms with Crippen LogP contribution < -0.4 is 11.1 Å². The van der Waals surface area contributed by atoms with Crippen LogP contribution in [0.3, 0.4) is 0 Å². The number of amides is 1. The van der Waals surface area contributed by atoms with Gasteiger partial charge in [-0.25, -0.2) is 0 Å². The number of anilines is 1. The van der Waals surface area contributed by atoms with E-state index >= 15 is 0 Å². The molecule has 6 heteroatoms. The molecule has 23 heavy (non-hydrogen) atoms. The summed E-state index contributed by atoms with van der Waals surface area (Å²) >= 11 is 0. The topological polar surface area (TPSA) is 68.0 Å². The highest BCUT2D eigenvalue weighted by molar-refractivity contribution is 6.02. The highest BCUT2D eigenvalue weighted by Crippen LogP contribution is 2.28. The molecule has 2 aromatic rings. The van der Waals surface area contributed by atoms with Gasteiger partial charge in [0.05, 0.1) is 11.2 Å². The summed E-state index contributed by atoms with van der Waals surface area (Å²) in [6.07, 6.45) is 5.56. The lowest BCUT2D eigenvalue weighted by molar-refractivity contribution is -0.120. The van der Waals surface area contributed by atoms with Gasteiger partial charge in [0.15, 0.2) is 0 Å². The minimum Gasteiger partial charge on any atom is -0.328 e. The Hall–Kier alpha value is -1.36. The van der Waals surface area contributed by atoms with E-state index in [-0.39, 0.29) is 42.7 Å². The summed E-state index contributed by atoms with van der Waals surface area (Å²) in [6, 6.07) is 8.01. The molecule has 0 spiro atoms. The quantitative estimate of drug-likeness (QED) is 0.859. The molecule has 0 aliphatic heterocycles. The molecule has 2 atom stereocenters. The Bertz CT molecular complexity index is 678. The minimum atomic E-state index is 0. The highest BCUT2D eigenvalue weighted by Gasteiger charge is 2.25. The van der Waals surface area contributed by atoms with Gasteiger partial charge in [0.2, 0.25) is 5.91 Å². The molecule has 0 bridgehead atoms. The fourth-order valence-corrected chi connectivity index (χ4v) is 3.12. The number of rotatable bonds is 2. The van der Waals surface area contributed by atoms with Crippen LogP contribution in [0.5, 0.6) is 0 Å². The number of carbonyl (C=O) groups excluding carboxylic acids is 1. The van der Waals surface area contributed by atoms with Crippen LogP contribution in [0.1, 0.15) is 31.2 Å². The molecule has 1 aromatic heterocycles. The van der Waals surface area contributed by atoms with Crippen LogP contribution in [0.25, 0.3) is 10.9 Å². The first-order chi connectivity index (χ1) is 10.1. The Morgan fingerprint density at radius 3 is 2.78 bits per heavy atom. The van der Waals surface area contributed by atoms with Crippen LogP contribution in [-0.4, -0.2) is 16.9 Å². The zero-order chi connectivity index (χ0) is 14.8. The number of hydrogen-bond acceptors (Lipinski definition) is 3. The SMILES string of the molecule is Cc1ccc(NC(=O)C2CCCC(N)C2)c2cccnc12.Cl.Cl. The Labute approximate surface area is 149 Å². The minimum absolute atomic E-state index is 0. The molecule has 3 N–H and O–H groups in total. The van der Waals surface area contributed by atoms with Crippen molar-refractivity contribution in [3.8, 4) is 0 Å². The van der Waals surface area contributed by atoms with E-state index in [1.807, 2.05) is 31.2 Å². The summed E-state index contributed by atoms with van der Waals surface area (Å²) in [7, 11) is 0. The third-order valence-electron chi connectivity index (χ3n) is 4.31. The number of nitrogens with two attached hydrogens (primary N) is 1. The van der Waals surface area contributed by atoms with Crippen molar-refractivity contribution < 1.29 is 4.79 Å². The average Bonchev–Trinajstić information content (AvgIpc) is 2.50. The first kappa shape index (κ1) is 19.7. The van der Waals surface area contributed by atoms with Gasteiger partial charge >= 0.3 is 0 Å². The molecule has 0 saturated heterocycles. The van der Waals surface area contributed by atoms with Crippen molar-refractivity contribution in [2.24, 2.45) is 11.7 Å². The van der Waals surface area contributed by atoms with E-state index in [4.69, 9.17) is 5.73 Å². The van der Waals surface area contributed by atoms with Crippen molar-refractivity contribution in [3.63, 3.8) is 0 Å². The van der Waals surface area contributed by atoms with Crippen molar-refractivity contribution in [1.29, 1.82) is 0 Å². The van der Waals surface area contributed by atoms with E-state index in [0.29, 0.717) is 0 Å². The molecule has 4 nitrogen and oxygen atoms in total. The lowest BCUT2D eigenvalue weighted by atomic mass is 9.85. The second-order valence-corrected chi connectivity index (χ2v) is 5.94. The van der Waals surface area contributed by atoms with Gasteiger partial charge in [-0.05, 0) is 49.9 Å². The zero-order valence-corrected chi connectivity index (χ0v) is 14.8. The third kappa shape index (κ3) is 4.34. The Balaban J connectivity index is 0.00000132. The van der Waals surface area contributed by atoms with Gasteiger partial charge in [-0.3, -0.25) is 9.78 Å². The molecule has 1 saturated carbocycles. The van der Waals surface area contributed by atoms with Crippen LogP contribution in [0.2, 0.25) is 0 Å². The number of fused-ring (bicyclic) bond motifs is 1. The van der Waals surface area contributed by atoms with Gasteiger partial charge in [-0.2, -0.15) is 0 Å². The molecule has 1 heterocycles. The zero-order valence-electron chi connectivity index (χ0n) is 13.1. The number of hydrogen-bond donors (Lipinski definition) is 2. The first-order valence-corrected chi connectivity index (χ1v) is 7.56. The van der Waals surface area contributed by atoms with Crippen molar-refractivity contribution in [2.45, 2.75) is 38.6 Å². The molecule has 126 valence electrons. The summed E-state index contributed by atoms with van der Waals surface area (Å²) in [4.78, 5) is 16.9. The third-order valence-corrected chi connectivity index (χ3v) is 4.31. The van der Waals surface area contributed by atoms with E-state index in [2.05, 4.69) is 10.3 Å². The van der Waals surface area contributed by atoms with Crippen LogP contribution in [0.4, 0.5) is 5.69 Å². The molecule has 1 aromatic carbocycles. The van der Waals surface area contributed by atoms with Gasteiger partial charge < -0.3 is 11.1 Å². The smallest absolute Gasteiger partial charge is 0.227 e. The number of halogens is 2. The largest absolute Gasteiger partial charge is 0.328 e. The maximum atomic E-state index is 12.5. The standard InChI is InChI=1S/C17H21N3O.2ClH/c1-11-7-8-15(14-6-3-9-19-16(11)14)20-17(21)12-4-2-5-13(18)10-12;;/h3,6-9,12-13H,2,4-5,10,18H2,1H3,(H,20,21);2*1H. The molecular formula is C17H23Cl2N3O. The van der Waals surface area contributed by atoms with E-state index < -0.39 is 0 Å². The van der Waals surface area contributed by atoms with Crippen LogP contribution in [0, 0.1) is 12.8 Å². The molecular weight excluding hydrogens is 333 g/mol. The van der Waals surface area contributed by atoms with Crippen molar-refractivity contribution in [2.75, 3.05) is 5.32 Å². The average molecular weight is 356 g/mol. The Kier molecular flexibility index (Phi) is 7.26. The lowest BCUT2D eigenvalue weighted by Gasteiger charge is -2.25. The second-order valence-electron chi connectivity index (χ2n) is 5.94. The molecule has 2 unspecified atom stereocenters. The molecule has 3 rings (SSSR count). The molecule has 1 amide bonds. The summed E-state index contributed by atoms with van der Waals surface area (Å²) < 4.78 is 0. The number of nitrogens with one attached hydrogen (secondary N) is 1. The normalized spacial score (nSPS) is 20.3. The Morgan fingerprint density at radius 2 is 2.04 bits per heavy atom. The van der Waals surface area contributed by atoms with E-state index in [1.54, 1.807) is 6.20 Å². The van der Waals surface area contributed by atoms with Gasteiger partial charge in [0, 0.05) is 23.5 Å². The number of aryl methyl sites for hydroxylation is 1. The summed E-state index contributed by atoms with van der Waals surface area (Å²) in [5, 5.41) is 4.06. The molecule has 1 aliphatic carbocycles. The maximum absolute atomic E-state index is 12.5. The Morgan fingerprint density at radius 1 is 1.26 bits per heavy atom. The number of pyridine rings is 1. The number of carbonyl (C=O) groups is 1. The number of benzene rings is 1. The summed E-state index contributed by atoms with van der Waals surface area (Å²) in [5.74, 6) is 0.112. The van der Waals surface area contributed by atoms with E-state index in [0.717, 1.165) is 47.8 Å². The molecule has 1 aliphatic rings. The van der Waals surface area contributed by atoms with Crippen LogP contribution in [0.15, 0.2) is 30.5 Å². The van der Waals surface area contributed by atoms with Crippen LogP contribution >= 0.6 is 24.8 Å². The number of aromatic nitrogens is 1. The van der Waals surface area contributed by atoms with Crippen molar-refractivity contribution in [1.82, 2.24) is 4.98 Å². The maximum Gasteiger partial charge on any atom is 0.227 e. The second kappa shape index (κ2) is 8.48. The first-order valence-electron chi connectivity index (χ1n) is 7.56. The van der Waals surface area contributed by atoms with Gasteiger partial charge in [0.25, 0.3) is 0 Å². The molecule has 0 radical (unpaired) electrons. The highest BCUT2D eigenvalue weighted by atomic mass is 35.5. The lowest BCUT2D eigenvalue weighted by Crippen LogP contribution is -2.34. The van der Waals surface area contributed by atoms with Crippen molar-refractivity contribution >= 4 is 47.3 Å². The van der Waals surface area contributed by atoms with E-state index in [1.165, 1.54) is 0 Å². The summed E-state index contributed by atoms with van der Waals surface area (Å²) in [6.45, 7) is 2.03. The van der Waals surface area contributed by atoms with Gasteiger partial charge in [0.1, 0.15) is 0 Å². The predicted molar refractivity (Wildman–Crippen MR) is 99.5 cm³/mol. The fourth-order valence-electron chi connectivity index (χ4n) is 3.12. The van der Waals surface area contributed by atoms with E-state index in [9.17, 15) is 4.79 Å². The fraction of sp³-hybridized carbons (Fsp3) is 0.412.